The van der Waals surface area contributed by atoms with Gasteiger partial charge in [-0.15, -0.1) is 0 Å². The second-order valence-corrected chi connectivity index (χ2v) is 2.57. The van der Waals surface area contributed by atoms with E-state index in [1.807, 2.05) is 12.1 Å². The zero-order chi connectivity index (χ0) is 9.52. The average Bonchev–Trinajstić information content (AvgIpc) is 2.19. The highest BCUT2D eigenvalue weighted by molar-refractivity contribution is 5.47. The van der Waals surface area contributed by atoms with Gasteiger partial charge < -0.3 is 5.32 Å². The van der Waals surface area contributed by atoms with Crippen LogP contribution in [0.1, 0.15) is 5.56 Å². The Morgan fingerprint density at radius 3 is 2.46 bits per heavy atom. The van der Waals surface area contributed by atoms with Crippen molar-refractivity contribution in [3.63, 3.8) is 0 Å². The first-order chi connectivity index (χ1) is 6.36. The van der Waals surface area contributed by atoms with Gasteiger partial charge in [-0.05, 0) is 24.3 Å². The SMILES string of the molecule is N#Cc1ccc(NCCNN)cc1. The van der Waals surface area contributed by atoms with Crippen LogP contribution in [0.25, 0.3) is 0 Å². The lowest BCUT2D eigenvalue weighted by molar-refractivity contribution is 0.753. The molecule has 0 saturated carbocycles. The molecule has 0 atom stereocenters. The molecule has 1 rings (SSSR count). The highest BCUT2D eigenvalue weighted by atomic mass is 15.2. The molecule has 0 unspecified atom stereocenters. The minimum atomic E-state index is 0.669. The number of hydrogen-bond acceptors (Lipinski definition) is 4. The summed E-state index contributed by atoms with van der Waals surface area (Å²) in [6.07, 6.45) is 0. The van der Waals surface area contributed by atoms with E-state index in [1.165, 1.54) is 0 Å². The Balaban J connectivity index is 2.46. The summed E-state index contributed by atoms with van der Waals surface area (Å²) in [6, 6.07) is 9.35. The Kier molecular flexibility index (Phi) is 3.76. The summed E-state index contributed by atoms with van der Waals surface area (Å²) >= 11 is 0. The first-order valence-corrected chi connectivity index (χ1v) is 4.04. The van der Waals surface area contributed by atoms with Crippen molar-refractivity contribution in [3.8, 4) is 6.07 Å². The van der Waals surface area contributed by atoms with E-state index in [2.05, 4.69) is 16.8 Å². The van der Waals surface area contributed by atoms with E-state index in [4.69, 9.17) is 11.1 Å². The van der Waals surface area contributed by atoms with Crippen molar-refractivity contribution in [1.82, 2.24) is 5.43 Å². The third kappa shape index (κ3) is 3.11. The Labute approximate surface area is 77.3 Å². The van der Waals surface area contributed by atoms with Gasteiger partial charge in [0.15, 0.2) is 0 Å². The molecule has 0 aliphatic carbocycles. The summed E-state index contributed by atoms with van der Waals surface area (Å²) in [5, 5.41) is 11.7. The second kappa shape index (κ2) is 5.14. The molecule has 0 bridgehead atoms. The molecule has 0 amide bonds. The number of hydrazine groups is 1. The molecule has 68 valence electrons. The van der Waals surface area contributed by atoms with Gasteiger partial charge in [0.2, 0.25) is 0 Å². The third-order valence-electron chi connectivity index (χ3n) is 1.61. The number of hydrogen-bond donors (Lipinski definition) is 3. The van der Waals surface area contributed by atoms with E-state index in [9.17, 15) is 0 Å². The molecule has 13 heavy (non-hydrogen) atoms. The molecular formula is C9H12N4. The molecular weight excluding hydrogens is 164 g/mol. The number of nitrogens with two attached hydrogens (primary N) is 1. The minimum Gasteiger partial charge on any atom is -0.384 e. The fourth-order valence-corrected chi connectivity index (χ4v) is 0.942. The predicted molar refractivity (Wildman–Crippen MR) is 51.8 cm³/mol. The van der Waals surface area contributed by atoms with Crippen LogP contribution in [0.15, 0.2) is 24.3 Å². The maximum Gasteiger partial charge on any atom is 0.0991 e. The largest absolute Gasteiger partial charge is 0.384 e. The monoisotopic (exact) mass is 176 g/mol. The maximum atomic E-state index is 8.55. The molecule has 0 fully saturated rings. The van der Waals surface area contributed by atoms with Crippen LogP contribution in [0.5, 0.6) is 0 Å². The molecule has 4 N–H and O–H groups in total. The maximum absolute atomic E-state index is 8.55. The molecule has 0 aromatic heterocycles. The number of nitrogens with one attached hydrogen (secondary N) is 2. The van der Waals surface area contributed by atoms with Crippen LogP contribution >= 0.6 is 0 Å². The Bertz CT molecular complexity index is 285. The molecule has 4 nitrogen and oxygen atoms in total. The summed E-state index contributed by atoms with van der Waals surface area (Å²) < 4.78 is 0. The van der Waals surface area contributed by atoms with Crippen LogP contribution in [0, 0.1) is 11.3 Å². The van der Waals surface area contributed by atoms with Gasteiger partial charge in [-0.1, -0.05) is 0 Å². The van der Waals surface area contributed by atoms with Crippen LogP contribution in [0.3, 0.4) is 0 Å². The van der Waals surface area contributed by atoms with E-state index in [1.54, 1.807) is 12.1 Å². The van der Waals surface area contributed by atoms with Crippen molar-refractivity contribution >= 4 is 5.69 Å². The van der Waals surface area contributed by atoms with Crippen LogP contribution in [-0.4, -0.2) is 13.1 Å². The Morgan fingerprint density at radius 1 is 1.23 bits per heavy atom. The van der Waals surface area contributed by atoms with Crippen LogP contribution in [0.4, 0.5) is 5.69 Å². The lowest BCUT2D eigenvalue weighted by Gasteiger charge is -2.04. The lowest BCUT2D eigenvalue weighted by atomic mass is 10.2. The smallest absolute Gasteiger partial charge is 0.0991 e. The van der Waals surface area contributed by atoms with Crippen molar-refractivity contribution in [2.75, 3.05) is 18.4 Å². The summed E-state index contributed by atoms with van der Waals surface area (Å²) in [5.74, 6) is 5.11. The summed E-state index contributed by atoms with van der Waals surface area (Å²) in [5.41, 5.74) is 4.21. The lowest BCUT2D eigenvalue weighted by Crippen LogP contribution is -2.28. The van der Waals surface area contributed by atoms with Gasteiger partial charge in [0.1, 0.15) is 0 Å². The van der Waals surface area contributed by atoms with E-state index in [-0.39, 0.29) is 0 Å². The third-order valence-corrected chi connectivity index (χ3v) is 1.61. The van der Waals surface area contributed by atoms with Crippen molar-refractivity contribution < 1.29 is 0 Å². The molecule has 0 aliphatic rings. The van der Waals surface area contributed by atoms with Gasteiger partial charge in [0.05, 0.1) is 11.6 Å². The van der Waals surface area contributed by atoms with Gasteiger partial charge in [-0.2, -0.15) is 5.26 Å². The van der Waals surface area contributed by atoms with Crippen LogP contribution in [0.2, 0.25) is 0 Å². The zero-order valence-corrected chi connectivity index (χ0v) is 7.25. The van der Waals surface area contributed by atoms with Crippen molar-refractivity contribution in [3.05, 3.63) is 29.8 Å². The molecule has 1 aromatic carbocycles. The van der Waals surface area contributed by atoms with Gasteiger partial charge in [-0.3, -0.25) is 11.3 Å². The van der Waals surface area contributed by atoms with E-state index < -0.39 is 0 Å². The number of nitriles is 1. The van der Waals surface area contributed by atoms with E-state index in [0.717, 1.165) is 12.2 Å². The van der Waals surface area contributed by atoms with Gasteiger partial charge in [-0.25, -0.2) is 0 Å². The molecule has 1 aromatic rings. The highest BCUT2D eigenvalue weighted by Crippen LogP contribution is 2.07. The summed E-state index contributed by atoms with van der Waals surface area (Å²) in [4.78, 5) is 0. The standard InChI is InChI=1S/C9H12N4/c10-7-8-1-3-9(4-2-8)12-5-6-13-11/h1-4,12-13H,5-6,11H2. The molecule has 0 aliphatic heterocycles. The molecule has 0 heterocycles. The zero-order valence-electron chi connectivity index (χ0n) is 7.25. The summed E-state index contributed by atoms with van der Waals surface area (Å²) in [7, 11) is 0. The predicted octanol–water partition coefficient (Wildman–Crippen LogP) is 0.433. The van der Waals surface area contributed by atoms with Gasteiger partial charge in [0, 0.05) is 18.8 Å². The first-order valence-electron chi connectivity index (χ1n) is 4.04. The van der Waals surface area contributed by atoms with Crippen molar-refractivity contribution in [2.24, 2.45) is 5.84 Å². The van der Waals surface area contributed by atoms with Gasteiger partial charge in [0.25, 0.3) is 0 Å². The number of rotatable bonds is 4. The van der Waals surface area contributed by atoms with E-state index in [0.29, 0.717) is 12.1 Å². The molecule has 0 radical (unpaired) electrons. The van der Waals surface area contributed by atoms with Crippen molar-refractivity contribution in [1.29, 1.82) is 5.26 Å². The van der Waals surface area contributed by atoms with Gasteiger partial charge >= 0.3 is 0 Å². The summed E-state index contributed by atoms with van der Waals surface area (Å²) in [6.45, 7) is 1.47. The topological polar surface area (TPSA) is 73.9 Å². The molecule has 4 heteroatoms. The number of benzene rings is 1. The van der Waals surface area contributed by atoms with Crippen molar-refractivity contribution in [2.45, 2.75) is 0 Å². The highest BCUT2D eigenvalue weighted by Gasteiger charge is 1.91. The average molecular weight is 176 g/mol. The Morgan fingerprint density at radius 2 is 1.92 bits per heavy atom. The first kappa shape index (κ1) is 9.52. The fourth-order valence-electron chi connectivity index (χ4n) is 0.942. The molecule has 0 spiro atoms. The van der Waals surface area contributed by atoms with E-state index >= 15 is 0 Å². The minimum absolute atomic E-state index is 0.669. The quantitative estimate of drug-likeness (QED) is 0.353. The second-order valence-electron chi connectivity index (χ2n) is 2.57. The number of anilines is 1. The normalized spacial score (nSPS) is 9.23. The molecule has 0 saturated heterocycles. The Hall–Kier alpha value is -1.57. The van der Waals surface area contributed by atoms with Crippen LogP contribution in [-0.2, 0) is 0 Å². The number of nitrogens with zero attached hydrogens (tertiary/aromatic N) is 1. The van der Waals surface area contributed by atoms with Crippen LogP contribution < -0.4 is 16.6 Å². The fraction of sp³-hybridized carbons (Fsp3) is 0.222.